The van der Waals surface area contributed by atoms with E-state index >= 15 is 0 Å². The van der Waals surface area contributed by atoms with Gasteiger partial charge in [-0.2, -0.15) is 0 Å². The van der Waals surface area contributed by atoms with Crippen LogP contribution in [0.3, 0.4) is 0 Å². The van der Waals surface area contributed by atoms with Crippen molar-refractivity contribution in [3.8, 4) is 5.69 Å². The van der Waals surface area contributed by atoms with Gasteiger partial charge in [0.2, 0.25) is 0 Å². The van der Waals surface area contributed by atoms with Crippen LogP contribution >= 0.6 is 0 Å². The average Bonchev–Trinajstić information content (AvgIpc) is 2.82. The summed E-state index contributed by atoms with van der Waals surface area (Å²) >= 11 is 0. The van der Waals surface area contributed by atoms with Gasteiger partial charge in [-0.3, -0.25) is 35.3 Å². The van der Waals surface area contributed by atoms with Gasteiger partial charge in [0, 0.05) is 23.3 Å². The number of rotatable bonds is 4. The highest BCUT2D eigenvalue weighted by Crippen LogP contribution is 2.13. The molecule has 0 spiro atoms. The number of fused-ring (bicyclic) bond motifs is 1. The number of H-pyrrole nitrogens is 1. The lowest BCUT2D eigenvalue weighted by atomic mass is 10.1. The van der Waals surface area contributed by atoms with Crippen molar-refractivity contribution in [2.45, 2.75) is 0 Å². The molecule has 33 heavy (non-hydrogen) atoms. The minimum absolute atomic E-state index is 0.0196. The SMILES string of the molecule is O=C(NNC(=O)c1ccc2c(=O)n(-c3ccccc3)c(=O)[nH]c2c1)c1cccc([N+](=O)[O-])c1. The standard InChI is InChI=1S/C22H15N5O6/c28-19(13-5-4-8-16(11-13)27(32)33)24-25-20(29)14-9-10-17-18(12-14)23-22(31)26(21(17)30)15-6-2-1-3-7-15/h1-12H,(H,23,31)(H,24,28)(H,25,29). The number of hydrogen-bond acceptors (Lipinski definition) is 6. The van der Waals surface area contributed by atoms with Gasteiger partial charge in [0.1, 0.15) is 0 Å². The molecule has 4 rings (SSSR count). The highest BCUT2D eigenvalue weighted by Gasteiger charge is 2.15. The Morgan fingerprint density at radius 3 is 2.18 bits per heavy atom. The summed E-state index contributed by atoms with van der Waals surface area (Å²) in [5.41, 5.74) is 3.46. The van der Waals surface area contributed by atoms with E-state index in [2.05, 4.69) is 15.8 Å². The highest BCUT2D eigenvalue weighted by atomic mass is 16.6. The second kappa shape index (κ2) is 8.59. The van der Waals surface area contributed by atoms with Crippen LogP contribution in [0.4, 0.5) is 5.69 Å². The third-order valence-electron chi connectivity index (χ3n) is 4.78. The maximum atomic E-state index is 12.8. The summed E-state index contributed by atoms with van der Waals surface area (Å²) in [5, 5.41) is 11.0. The topological polar surface area (TPSA) is 156 Å². The lowest BCUT2D eigenvalue weighted by Crippen LogP contribution is -2.41. The van der Waals surface area contributed by atoms with E-state index in [1.54, 1.807) is 30.3 Å². The van der Waals surface area contributed by atoms with Gasteiger partial charge in [-0.05, 0) is 36.4 Å². The first-order chi connectivity index (χ1) is 15.8. The van der Waals surface area contributed by atoms with Crippen LogP contribution in [0.15, 0.2) is 82.4 Å². The number of para-hydroxylation sites is 1. The molecule has 0 saturated carbocycles. The molecule has 0 atom stereocenters. The quantitative estimate of drug-likeness (QED) is 0.320. The number of nitro groups is 1. The first-order valence-corrected chi connectivity index (χ1v) is 9.55. The molecule has 0 saturated heterocycles. The molecule has 11 nitrogen and oxygen atoms in total. The van der Waals surface area contributed by atoms with Gasteiger partial charge >= 0.3 is 5.69 Å². The largest absolute Gasteiger partial charge is 0.333 e. The summed E-state index contributed by atoms with van der Waals surface area (Å²) in [6, 6.07) is 17.5. The number of amides is 2. The first-order valence-electron chi connectivity index (χ1n) is 9.55. The Morgan fingerprint density at radius 1 is 0.848 bits per heavy atom. The van der Waals surface area contributed by atoms with Crippen LogP contribution in [0.5, 0.6) is 0 Å². The second-order valence-corrected chi connectivity index (χ2v) is 6.88. The molecule has 164 valence electrons. The Bertz CT molecular complexity index is 1520. The normalized spacial score (nSPS) is 10.5. The van der Waals surface area contributed by atoms with E-state index in [9.17, 15) is 29.3 Å². The minimum atomic E-state index is -0.757. The van der Waals surface area contributed by atoms with Crippen LogP contribution in [-0.2, 0) is 0 Å². The summed E-state index contributed by atoms with van der Waals surface area (Å²) in [5.74, 6) is -1.48. The fourth-order valence-electron chi connectivity index (χ4n) is 3.19. The van der Waals surface area contributed by atoms with E-state index in [4.69, 9.17) is 0 Å². The van der Waals surface area contributed by atoms with Crippen LogP contribution in [-0.4, -0.2) is 26.3 Å². The van der Waals surface area contributed by atoms with Crippen molar-refractivity contribution in [2.24, 2.45) is 0 Å². The monoisotopic (exact) mass is 445 g/mol. The van der Waals surface area contributed by atoms with Gasteiger partial charge in [0.25, 0.3) is 23.1 Å². The summed E-state index contributed by atoms with van der Waals surface area (Å²) in [6.07, 6.45) is 0. The second-order valence-electron chi connectivity index (χ2n) is 6.88. The third-order valence-corrected chi connectivity index (χ3v) is 4.78. The summed E-state index contributed by atoms with van der Waals surface area (Å²) < 4.78 is 0.987. The van der Waals surface area contributed by atoms with E-state index in [1.165, 1.54) is 36.4 Å². The first kappa shape index (κ1) is 21.2. The Labute approximate surface area is 184 Å². The van der Waals surface area contributed by atoms with Gasteiger partial charge in [-0.1, -0.05) is 24.3 Å². The molecular weight excluding hydrogens is 430 g/mol. The molecule has 3 aromatic carbocycles. The smallest absolute Gasteiger partial charge is 0.306 e. The number of carbonyl (C=O) groups excluding carboxylic acids is 2. The number of nitro benzene ring substituents is 1. The zero-order chi connectivity index (χ0) is 23.5. The Balaban J connectivity index is 1.56. The summed E-state index contributed by atoms with van der Waals surface area (Å²) in [7, 11) is 0. The maximum absolute atomic E-state index is 12.8. The van der Waals surface area contributed by atoms with Crippen molar-refractivity contribution in [3.05, 3.63) is 115 Å². The highest BCUT2D eigenvalue weighted by molar-refractivity contribution is 6.00. The molecule has 0 bridgehead atoms. The summed E-state index contributed by atoms with van der Waals surface area (Å²) in [4.78, 5) is 62.7. The van der Waals surface area contributed by atoms with Crippen molar-refractivity contribution in [1.29, 1.82) is 0 Å². The fourth-order valence-corrected chi connectivity index (χ4v) is 3.19. The Morgan fingerprint density at radius 2 is 1.52 bits per heavy atom. The van der Waals surface area contributed by atoms with Crippen LogP contribution in [0.25, 0.3) is 16.6 Å². The number of non-ortho nitro benzene ring substituents is 1. The van der Waals surface area contributed by atoms with E-state index in [1.807, 2.05) is 0 Å². The van der Waals surface area contributed by atoms with Gasteiger partial charge in [-0.15, -0.1) is 0 Å². The molecule has 3 N–H and O–H groups in total. The van der Waals surface area contributed by atoms with Crippen LogP contribution < -0.4 is 22.1 Å². The number of hydrogen-bond donors (Lipinski definition) is 3. The Kier molecular flexibility index (Phi) is 5.51. The zero-order valence-electron chi connectivity index (χ0n) is 16.8. The molecule has 11 heteroatoms. The van der Waals surface area contributed by atoms with Crippen molar-refractivity contribution in [3.63, 3.8) is 0 Å². The molecule has 0 aliphatic rings. The number of aromatic amines is 1. The van der Waals surface area contributed by atoms with Crippen molar-refractivity contribution >= 4 is 28.4 Å². The molecule has 2 amide bonds. The zero-order valence-corrected chi connectivity index (χ0v) is 16.8. The van der Waals surface area contributed by atoms with Gasteiger partial charge in [0.15, 0.2) is 0 Å². The molecule has 0 unspecified atom stereocenters. The Hall–Kier alpha value is -5.06. The van der Waals surface area contributed by atoms with Crippen LogP contribution in [0.1, 0.15) is 20.7 Å². The van der Waals surface area contributed by atoms with E-state index < -0.39 is 28.0 Å². The number of nitrogens with zero attached hydrogens (tertiary/aromatic N) is 2. The fraction of sp³-hybridized carbons (Fsp3) is 0. The molecule has 0 aliphatic heterocycles. The number of carbonyl (C=O) groups is 2. The lowest BCUT2D eigenvalue weighted by molar-refractivity contribution is -0.384. The molecule has 1 aromatic heterocycles. The third kappa shape index (κ3) is 4.23. The molecule has 1 heterocycles. The van der Waals surface area contributed by atoms with Crippen LogP contribution in [0, 0.1) is 10.1 Å². The van der Waals surface area contributed by atoms with E-state index in [0.29, 0.717) is 5.69 Å². The number of benzene rings is 3. The molecule has 0 fully saturated rings. The number of aromatic nitrogens is 2. The van der Waals surface area contributed by atoms with Crippen molar-refractivity contribution in [2.75, 3.05) is 0 Å². The van der Waals surface area contributed by atoms with Gasteiger partial charge < -0.3 is 4.98 Å². The molecule has 0 aliphatic carbocycles. The lowest BCUT2D eigenvalue weighted by Gasteiger charge is -2.09. The van der Waals surface area contributed by atoms with E-state index in [0.717, 1.165) is 10.6 Å². The maximum Gasteiger partial charge on any atom is 0.333 e. The van der Waals surface area contributed by atoms with Gasteiger partial charge in [0.05, 0.1) is 21.5 Å². The van der Waals surface area contributed by atoms with Crippen LogP contribution in [0.2, 0.25) is 0 Å². The van der Waals surface area contributed by atoms with Gasteiger partial charge in [-0.25, -0.2) is 9.36 Å². The molecule has 4 aromatic rings. The van der Waals surface area contributed by atoms with Crippen molar-refractivity contribution in [1.82, 2.24) is 20.4 Å². The summed E-state index contributed by atoms with van der Waals surface area (Å²) in [6.45, 7) is 0. The molecular formula is C22H15N5O6. The molecule has 0 radical (unpaired) electrons. The number of nitrogens with one attached hydrogen (secondary N) is 3. The average molecular weight is 445 g/mol. The van der Waals surface area contributed by atoms with E-state index in [-0.39, 0.29) is 27.7 Å². The van der Waals surface area contributed by atoms with Crippen molar-refractivity contribution < 1.29 is 14.5 Å². The minimum Gasteiger partial charge on any atom is -0.306 e. The number of hydrazine groups is 1. The predicted octanol–water partition coefficient (Wildman–Crippen LogP) is 1.66. The predicted molar refractivity (Wildman–Crippen MR) is 118 cm³/mol.